The van der Waals surface area contributed by atoms with Gasteiger partial charge >= 0.3 is 0 Å². The smallest absolute Gasteiger partial charge is 0.226 e. The number of nitrogens with two attached hydrogens (primary N) is 1. The van der Waals surface area contributed by atoms with Crippen LogP contribution in [-0.2, 0) is 11.2 Å². The van der Waals surface area contributed by atoms with Gasteiger partial charge in [-0.1, -0.05) is 30.4 Å². The molecule has 1 heterocycles. The molecule has 5 heteroatoms. The van der Waals surface area contributed by atoms with E-state index in [2.05, 4.69) is 4.98 Å². The fraction of sp³-hybridized carbons (Fsp3) is 0.375. The highest BCUT2D eigenvalue weighted by molar-refractivity contribution is 5.81. The molecule has 114 valence electrons. The molecule has 1 atom stereocenters. The zero-order valence-corrected chi connectivity index (χ0v) is 12.6. The van der Waals surface area contributed by atoms with Crippen molar-refractivity contribution in [2.24, 2.45) is 11.1 Å². The molecule has 0 fully saturated rings. The highest BCUT2D eigenvalue weighted by atomic mass is 16.3. The van der Waals surface area contributed by atoms with Crippen molar-refractivity contribution in [1.29, 1.82) is 0 Å². The van der Waals surface area contributed by atoms with Crippen LogP contribution < -0.4 is 5.73 Å². The molecule has 3 N–H and O–H groups in total. The molecule has 1 rings (SSSR count). The molecular formula is C16H22N2O3. The van der Waals surface area contributed by atoms with E-state index in [1.54, 1.807) is 39.1 Å². The average Bonchev–Trinajstić information content (AvgIpc) is 2.94. The summed E-state index contributed by atoms with van der Waals surface area (Å²) < 4.78 is 5.09. The Labute approximate surface area is 124 Å². The molecule has 5 nitrogen and oxygen atoms in total. The first-order chi connectivity index (χ1) is 9.85. The summed E-state index contributed by atoms with van der Waals surface area (Å²) in [6, 6.07) is 0. The summed E-state index contributed by atoms with van der Waals surface area (Å²) in [6.07, 6.45) is 12.0. The molecule has 0 unspecified atom stereocenters. The zero-order valence-electron chi connectivity index (χ0n) is 12.6. The van der Waals surface area contributed by atoms with E-state index in [9.17, 15) is 9.90 Å². The average molecular weight is 290 g/mol. The van der Waals surface area contributed by atoms with Gasteiger partial charge in [0.15, 0.2) is 6.39 Å². The van der Waals surface area contributed by atoms with Gasteiger partial charge in [-0.05, 0) is 26.3 Å². The molecule has 0 aliphatic heterocycles. The van der Waals surface area contributed by atoms with E-state index in [-0.39, 0.29) is 0 Å². The number of hydrogen-bond acceptors (Lipinski definition) is 4. The predicted molar refractivity (Wildman–Crippen MR) is 81.2 cm³/mol. The first-order valence-corrected chi connectivity index (χ1v) is 6.71. The SMILES string of the molecule is C/C(=C/C=C/C=C/Cc1cnco1)[C@@H](O)C(C)(C)C(N)=O. The lowest BCUT2D eigenvalue weighted by atomic mass is 9.82. The van der Waals surface area contributed by atoms with E-state index in [1.807, 2.05) is 18.2 Å². The number of allylic oxidation sites excluding steroid dienone is 5. The van der Waals surface area contributed by atoms with Gasteiger partial charge in [0.05, 0.1) is 17.7 Å². The number of rotatable bonds is 7. The van der Waals surface area contributed by atoms with Gasteiger partial charge in [0, 0.05) is 6.42 Å². The molecule has 1 aromatic heterocycles. The highest BCUT2D eigenvalue weighted by Crippen LogP contribution is 2.25. The van der Waals surface area contributed by atoms with E-state index in [0.717, 1.165) is 5.76 Å². The van der Waals surface area contributed by atoms with E-state index in [0.29, 0.717) is 12.0 Å². The van der Waals surface area contributed by atoms with Crippen molar-refractivity contribution in [1.82, 2.24) is 4.98 Å². The molecule has 0 saturated carbocycles. The van der Waals surface area contributed by atoms with Crippen LogP contribution in [0.1, 0.15) is 26.5 Å². The number of hydrogen-bond donors (Lipinski definition) is 2. The molecule has 0 bridgehead atoms. The van der Waals surface area contributed by atoms with Gasteiger partial charge in [-0.2, -0.15) is 0 Å². The van der Waals surface area contributed by atoms with Crippen LogP contribution >= 0.6 is 0 Å². The Hall–Kier alpha value is -2.14. The minimum atomic E-state index is -0.990. The number of primary amides is 1. The lowest BCUT2D eigenvalue weighted by molar-refractivity contribution is -0.130. The zero-order chi connectivity index (χ0) is 15.9. The maximum absolute atomic E-state index is 11.3. The van der Waals surface area contributed by atoms with Crippen LogP contribution in [-0.4, -0.2) is 22.1 Å². The van der Waals surface area contributed by atoms with Gasteiger partial charge in [-0.3, -0.25) is 4.79 Å². The van der Waals surface area contributed by atoms with Crippen molar-refractivity contribution >= 4 is 5.91 Å². The predicted octanol–water partition coefficient (Wildman–Crippen LogP) is 2.15. The van der Waals surface area contributed by atoms with Crippen LogP contribution in [0.2, 0.25) is 0 Å². The molecule has 0 saturated heterocycles. The molecular weight excluding hydrogens is 268 g/mol. The van der Waals surface area contributed by atoms with Gasteiger partial charge in [0.1, 0.15) is 5.76 Å². The minimum Gasteiger partial charge on any atom is -0.448 e. The fourth-order valence-corrected chi connectivity index (χ4v) is 1.67. The largest absolute Gasteiger partial charge is 0.448 e. The maximum atomic E-state index is 11.3. The molecule has 1 aromatic rings. The first-order valence-electron chi connectivity index (χ1n) is 6.71. The van der Waals surface area contributed by atoms with E-state index in [1.165, 1.54) is 6.39 Å². The number of amides is 1. The molecule has 0 aliphatic carbocycles. The molecule has 21 heavy (non-hydrogen) atoms. The Morgan fingerprint density at radius 1 is 1.48 bits per heavy atom. The summed E-state index contributed by atoms with van der Waals surface area (Å²) in [5, 5.41) is 10.1. The Kier molecular flexibility index (Phi) is 6.11. The van der Waals surface area contributed by atoms with Crippen LogP contribution in [0.4, 0.5) is 0 Å². The number of aliphatic hydroxyl groups excluding tert-OH is 1. The van der Waals surface area contributed by atoms with E-state index in [4.69, 9.17) is 10.2 Å². The number of aromatic nitrogens is 1. The van der Waals surface area contributed by atoms with Crippen LogP contribution in [0.5, 0.6) is 0 Å². The standard InChI is InChI=1S/C16H22N2O3/c1-12(14(19)16(2,3)15(17)20)8-6-4-5-7-9-13-10-18-11-21-13/h4-8,10-11,14,19H,9H2,1-3H3,(H2,17,20)/b6-4+,7-5+,12-8-/t14-/m1/s1. The summed E-state index contributed by atoms with van der Waals surface area (Å²) in [5.74, 6) is 0.267. The summed E-state index contributed by atoms with van der Waals surface area (Å²) in [4.78, 5) is 15.1. The van der Waals surface area contributed by atoms with Crippen molar-refractivity contribution in [3.05, 3.63) is 54.3 Å². The first kappa shape index (κ1) is 16.9. The second kappa shape index (κ2) is 7.59. The molecule has 0 aliphatic rings. The third kappa shape index (κ3) is 5.04. The van der Waals surface area contributed by atoms with Crippen molar-refractivity contribution in [2.45, 2.75) is 33.3 Å². The van der Waals surface area contributed by atoms with Gasteiger partial charge in [0.25, 0.3) is 0 Å². The van der Waals surface area contributed by atoms with Crippen LogP contribution in [0.15, 0.2) is 53.0 Å². The Balaban J connectivity index is 2.53. The third-order valence-electron chi connectivity index (χ3n) is 3.27. The lowest BCUT2D eigenvalue weighted by Gasteiger charge is -2.27. The number of aliphatic hydroxyl groups is 1. The summed E-state index contributed by atoms with van der Waals surface area (Å²) in [5.41, 5.74) is 4.97. The third-order valence-corrected chi connectivity index (χ3v) is 3.27. The number of carbonyl (C=O) groups excluding carboxylic acids is 1. The number of carbonyl (C=O) groups is 1. The van der Waals surface area contributed by atoms with E-state index >= 15 is 0 Å². The summed E-state index contributed by atoms with van der Waals surface area (Å²) >= 11 is 0. The molecule has 0 aromatic carbocycles. The summed E-state index contributed by atoms with van der Waals surface area (Å²) in [7, 11) is 0. The second-order valence-electron chi connectivity index (χ2n) is 5.38. The van der Waals surface area contributed by atoms with Gasteiger partial charge < -0.3 is 15.3 Å². The maximum Gasteiger partial charge on any atom is 0.226 e. The number of oxazole rings is 1. The Morgan fingerprint density at radius 3 is 2.76 bits per heavy atom. The fourth-order valence-electron chi connectivity index (χ4n) is 1.67. The lowest BCUT2D eigenvalue weighted by Crippen LogP contribution is -2.42. The molecule has 0 radical (unpaired) electrons. The molecule has 1 amide bonds. The second-order valence-corrected chi connectivity index (χ2v) is 5.38. The van der Waals surface area contributed by atoms with Gasteiger partial charge in [-0.25, -0.2) is 4.98 Å². The van der Waals surface area contributed by atoms with Crippen LogP contribution in [0.25, 0.3) is 0 Å². The number of nitrogens with zero attached hydrogens (tertiary/aromatic N) is 1. The van der Waals surface area contributed by atoms with Crippen molar-refractivity contribution in [3.8, 4) is 0 Å². The minimum absolute atomic E-state index is 0.529. The summed E-state index contributed by atoms with van der Waals surface area (Å²) in [6.45, 7) is 5.01. The van der Waals surface area contributed by atoms with Crippen molar-refractivity contribution in [2.75, 3.05) is 0 Å². The molecule has 0 spiro atoms. The van der Waals surface area contributed by atoms with Crippen molar-refractivity contribution < 1.29 is 14.3 Å². The van der Waals surface area contributed by atoms with E-state index < -0.39 is 17.4 Å². The highest BCUT2D eigenvalue weighted by Gasteiger charge is 2.34. The topological polar surface area (TPSA) is 89.3 Å². The monoisotopic (exact) mass is 290 g/mol. The Bertz CT molecular complexity index is 540. The Morgan fingerprint density at radius 2 is 2.19 bits per heavy atom. The normalized spacial score (nSPS) is 15.0. The van der Waals surface area contributed by atoms with Crippen LogP contribution in [0, 0.1) is 5.41 Å². The van der Waals surface area contributed by atoms with Crippen LogP contribution in [0.3, 0.4) is 0 Å². The van der Waals surface area contributed by atoms with Gasteiger partial charge in [0.2, 0.25) is 5.91 Å². The van der Waals surface area contributed by atoms with Crippen molar-refractivity contribution in [3.63, 3.8) is 0 Å². The van der Waals surface area contributed by atoms with Gasteiger partial charge in [-0.15, -0.1) is 0 Å². The quantitative estimate of drug-likeness (QED) is 0.753.